The standard InChI is InChI=1S/C17H25N5O2/c1-4-5-6-12(10-23)19-15-13-8-7-11(16(24)22(2)3)9-14(13)20-17(18)21-15/h7-9,12,23H,4-6,10H2,1-3H3,(H3,18,19,20,21)/t12-/m1/s1. The van der Waals surface area contributed by atoms with Crippen LogP contribution >= 0.6 is 0 Å². The van der Waals surface area contributed by atoms with Gasteiger partial charge in [0.15, 0.2) is 0 Å². The van der Waals surface area contributed by atoms with E-state index >= 15 is 0 Å². The van der Waals surface area contributed by atoms with E-state index in [0.29, 0.717) is 16.9 Å². The van der Waals surface area contributed by atoms with E-state index in [1.54, 1.807) is 26.2 Å². The second kappa shape index (κ2) is 7.92. The Labute approximate surface area is 141 Å². The molecule has 2 aromatic rings. The molecule has 7 nitrogen and oxygen atoms in total. The molecule has 130 valence electrons. The number of hydrogen-bond acceptors (Lipinski definition) is 6. The van der Waals surface area contributed by atoms with Gasteiger partial charge >= 0.3 is 0 Å². The van der Waals surface area contributed by atoms with E-state index in [1.165, 1.54) is 4.90 Å². The second-order valence-corrected chi connectivity index (χ2v) is 6.03. The van der Waals surface area contributed by atoms with Crippen molar-refractivity contribution < 1.29 is 9.90 Å². The molecule has 4 N–H and O–H groups in total. The van der Waals surface area contributed by atoms with Crippen molar-refractivity contribution in [2.75, 3.05) is 31.8 Å². The molecular formula is C17H25N5O2. The lowest BCUT2D eigenvalue weighted by Gasteiger charge is -2.18. The lowest BCUT2D eigenvalue weighted by molar-refractivity contribution is 0.0827. The van der Waals surface area contributed by atoms with Crippen LogP contribution in [0.15, 0.2) is 18.2 Å². The number of aliphatic hydroxyl groups is 1. The molecule has 1 aromatic carbocycles. The highest BCUT2D eigenvalue weighted by atomic mass is 16.3. The number of carbonyl (C=O) groups is 1. The molecule has 24 heavy (non-hydrogen) atoms. The van der Waals surface area contributed by atoms with Crippen LogP contribution in [0.1, 0.15) is 36.5 Å². The van der Waals surface area contributed by atoms with Gasteiger partial charge in [-0.05, 0) is 24.6 Å². The van der Waals surface area contributed by atoms with E-state index in [-0.39, 0.29) is 24.5 Å². The van der Waals surface area contributed by atoms with Crippen LogP contribution in [-0.2, 0) is 0 Å². The molecule has 0 saturated carbocycles. The fraction of sp³-hybridized carbons (Fsp3) is 0.471. The molecule has 0 bridgehead atoms. The fourth-order valence-corrected chi connectivity index (χ4v) is 2.50. The first-order valence-electron chi connectivity index (χ1n) is 8.12. The number of nitrogens with two attached hydrogens (primary N) is 1. The molecule has 2 rings (SSSR count). The number of anilines is 2. The summed E-state index contributed by atoms with van der Waals surface area (Å²) >= 11 is 0. The quantitative estimate of drug-likeness (QED) is 0.715. The van der Waals surface area contributed by atoms with Gasteiger partial charge in [-0.1, -0.05) is 19.8 Å². The molecule has 1 amide bonds. The Kier molecular flexibility index (Phi) is 5.92. The lowest BCUT2D eigenvalue weighted by Crippen LogP contribution is -2.25. The van der Waals surface area contributed by atoms with Gasteiger partial charge < -0.3 is 21.1 Å². The van der Waals surface area contributed by atoms with Gasteiger partial charge in [-0.15, -0.1) is 0 Å². The van der Waals surface area contributed by atoms with Crippen molar-refractivity contribution in [1.82, 2.24) is 14.9 Å². The van der Waals surface area contributed by atoms with Gasteiger partial charge in [-0.3, -0.25) is 4.79 Å². The Bertz CT molecular complexity index is 717. The molecule has 0 aliphatic heterocycles. The third kappa shape index (κ3) is 4.11. The largest absolute Gasteiger partial charge is 0.394 e. The second-order valence-electron chi connectivity index (χ2n) is 6.03. The highest BCUT2D eigenvalue weighted by Crippen LogP contribution is 2.24. The van der Waals surface area contributed by atoms with Crippen LogP contribution in [0.4, 0.5) is 11.8 Å². The number of aromatic nitrogens is 2. The van der Waals surface area contributed by atoms with E-state index < -0.39 is 0 Å². The highest BCUT2D eigenvalue weighted by Gasteiger charge is 2.14. The minimum absolute atomic E-state index is 0.0165. The number of rotatable bonds is 7. The van der Waals surface area contributed by atoms with E-state index in [1.807, 2.05) is 6.07 Å². The first-order chi connectivity index (χ1) is 11.5. The van der Waals surface area contributed by atoms with E-state index in [4.69, 9.17) is 5.73 Å². The molecule has 0 spiro atoms. The Morgan fingerprint density at radius 3 is 2.75 bits per heavy atom. The average Bonchev–Trinajstić information content (AvgIpc) is 2.56. The number of benzene rings is 1. The topological polar surface area (TPSA) is 104 Å². The van der Waals surface area contributed by atoms with E-state index in [9.17, 15) is 9.90 Å². The van der Waals surface area contributed by atoms with E-state index in [0.717, 1.165) is 24.6 Å². The van der Waals surface area contributed by atoms with Crippen LogP contribution < -0.4 is 11.1 Å². The summed E-state index contributed by atoms with van der Waals surface area (Å²) in [6.45, 7) is 2.12. The maximum atomic E-state index is 12.1. The van der Waals surface area contributed by atoms with Gasteiger partial charge in [-0.25, -0.2) is 4.98 Å². The van der Waals surface area contributed by atoms with Gasteiger partial charge in [0, 0.05) is 25.0 Å². The molecule has 7 heteroatoms. The average molecular weight is 331 g/mol. The van der Waals surface area contributed by atoms with Crippen molar-refractivity contribution in [1.29, 1.82) is 0 Å². The molecule has 0 aliphatic rings. The van der Waals surface area contributed by atoms with Crippen LogP contribution in [-0.4, -0.2) is 52.6 Å². The van der Waals surface area contributed by atoms with Crippen molar-refractivity contribution >= 4 is 28.6 Å². The molecule has 0 radical (unpaired) electrons. The number of unbranched alkanes of at least 4 members (excludes halogenated alkanes) is 1. The summed E-state index contributed by atoms with van der Waals surface area (Å²) in [6, 6.07) is 5.17. The minimum Gasteiger partial charge on any atom is -0.394 e. The monoisotopic (exact) mass is 331 g/mol. The molecule has 0 fully saturated rings. The van der Waals surface area contributed by atoms with Gasteiger partial charge in [0.1, 0.15) is 5.82 Å². The summed E-state index contributed by atoms with van der Waals surface area (Å²) < 4.78 is 0. The van der Waals surface area contributed by atoms with Crippen molar-refractivity contribution in [3.63, 3.8) is 0 Å². The number of aliphatic hydroxyl groups excluding tert-OH is 1. The van der Waals surface area contributed by atoms with Crippen LogP contribution in [0.2, 0.25) is 0 Å². The van der Waals surface area contributed by atoms with Crippen molar-refractivity contribution in [3.05, 3.63) is 23.8 Å². The maximum Gasteiger partial charge on any atom is 0.253 e. The smallest absolute Gasteiger partial charge is 0.253 e. The third-order valence-electron chi connectivity index (χ3n) is 3.83. The molecular weight excluding hydrogens is 306 g/mol. The van der Waals surface area contributed by atoms with Crippen molar-refractivity contribution in [3.8, 4) is 0 Å². The van der Waals surface area contributed by atoms with Crippen LogP contribution in [0.25, 0.3) is 10.9 Å². The number of amides is 1. The third-order valence-corrected chi connectivity index (χ3v) is 3.83. The zero-order valence-electron chi connectivity index (χ0n) is 14.4. The first kappa shape index (κ1) is 17.9. The van der Waals surface area contributed by atoms with Crippen molar-refractivity contribution in [2.45, 2.75) is 32.2 Å². The SMILES string of the molecule is CCCC[C@H](CO)Nc1nc(N)nc2cc(C(=O)N(C)C)ccc12. The maximum absolute atomic E-state index is 12.1. The molecule has 0 aliphatic carbocycles. The number of nitrogen functional groups attached to an aromatic ring is 1. The van der Waals surface area contributed by atoms with Crippen LogP contribution in [0.5, 0.6) is 0 Å². The molecule has 0 saturated heterocycles. The van der Waals surface area contributed by atoms with Crippen LogP contribution in [0, 0.1) is 0 Å². The minimum atomic E-state index is -0.0974. The molecule has 1 aromatic heterocycles. The number of carbonyl (C=O) groups excluding carboxylic acids is 1. The fourth-order valence-electron chi connectivity index (χ4n) is 2.50. The Morgan fingerprint density at radius 1 is 1.38 bits per heavy atom. The summed E-state index contributed by atoms with van der Waals surface area (Å²) in [5.41, 5.74) is 6.95. The van der Waals surface area contributed by atoms with Gasteiger partial charge in [0.05, 0.1) is 18.2 Å². The van der Waals surface area contributed by atoms with E-state index in [2.05, 4.69) is 22.2 Å². The Hall–Kier alpha value is -2.41. The van der Waals surface area contributed by atoms with Crippen molar-refractivity contribution in [2.24, 2.45) is 0 Å². The lowest BCUT2D eigenvalue weighted by atomic mass is 10.1. The van der Waals surface area contributed by atoms with Gasteiger partial charge in [0.2, 0.25) is 5.95 Å². The number of fused-ring (bicyclic) bond motifs is 1. The van der Waals surface area contributed by atoms with Gasteiger partial charge in [0.25, 0.3) is 5.91 Å². The summed E-state index contributed by atoms with van der Waals surface area (Å²) in [6.07, 6.45) is 2.91. The number of nitrogens with zero attached hydrogens (tertiary/aromatic N) is 3. The Morgan fingerprint density at radius 2 is 2.12 bits per heavy atom. The first-order valence-corrected chi connectivity index (χ1v) is 8.12. The van der Waals surface area contributed by atoms with Gasteiger partial charge in [-0.2, -0.15) is 4.98 Å². The zero-order chi connectivity index (χ0) is 17.7. The summed E-state index contributed by atoms with van der Waals surface area (Å²) in [5, 5.41) is 13.6. The molecule has 1 atom stereocenters. The number of nitrogens with one attached hydrogen (secondary N) is 1. The highest BCUT2D eigenvalue weighted by molar-refractivity contribution is 5.99. The summed E-state index contributed by atoms with van der Waals surface area (Å²) in [4.78, 5) is 22.1. The number of hydrogen-bond donors (Lipinski definition) is 3. The summed E-state index contributed by atoms with van der Waals surface area (Å²) in [7, 11) is 3.40. The molecule has 1 heterocycles. The summed E-state index contributed by atoms with van der Waals surface area (Å²) in [5.74, 6) is 0.614. The Balaban J connectivity index is 2.38. The van der Waals surface area contributed by atoms with Crippen LogP contribution in [0.3, 0.4) is 0 Å². The zero-order valence-corrected chi connectivity index (χ0v) is 14.4. The predicted octanol–water partition coefficient (Wildman–Crippen LogP) is 1.88. The molecule has 0 unspecified atom stereocenters. The normalized spacial score (nSPS) is 12.2. The predicted molar refractivity (Wildman–Crippen MR) is 96.0 cm³/mol.